The van der Waals surface area contributed by atoms with Gasteiger partial charge in [-0.2, -0.15) is 0 Å². The van der Waals surface area contributed by atoms with Crippen LogP contribution in [0.3, 0.4) is 0 Å². The Bertz CT molecular complexity index is 1550. The summed E-state index contributed by atoms with van der Waals surface area (Å²) in [6.07, 6.45) is 4.83. The lowest BCUT2D eigenvalue weighted by atomic mass is 9.63. The number of fused-ring (bicyclic) bond motifs is 2. The average Bonchev–Trinajstić information content (AvgIpc) is 3.34. The molecule has 8 heteroatoms. The summed E-state index contributed by atoms with van der Waals surface area (Å²) in [5, 5.41) is 12.4. The minimum atomic E-state index is -3.03. The molecular weight excluding hydrogens is 595 g/mol. The molecule has 2 fully saturated rings. The Kier molecular flexibility index (Phi) is 9.03. The third-order valence-electron chi connectivity index (χ3n) is 10.2. The van der Waals surface area contributed by atoms with Gasteiger partial charge in [-0.15, -0.1) is 0 Å². The molecule has 0 unspecified atom stereocenters. The van der Waals surface area contributed by atoms with Gasteiger partial charge in [0.2, 0.25) is 5.91 Å². The normalized spacial score (nSPS) is 24.5. The van der Waals surface area contributed by atoms with E-state index in [1.54, 1.807) is 0 Å². The van der Waals surface area contributed by atoms with Crippen molar-refractivity contribution in [3.05, 3.63) is 108 Å². The largest absolute Gasteiger partial charge is 0.481 e. The lowest BCUT2D eigenvalue weighted by Gasteiger charge is -2.44. The van der Waals surface area contributed by atoms with Crippen molar-refractivity contribution in [1.29, 1.82) is 0 Å². The van der Waals surface area contributed by atoms with Crippen LogP contribution in [-0.4, -0.2) is 48.9 Å². The van der Waals surface area contributed by atoms with Crippen molar-refractivity contribution in [2.45, 2.75) is 64.1 Å². The van der Waals surface area contributed by atoms with E-state index in [0.29, 0.717) is 0 Å². The number of carboxylic acid groups (broad SMARTS) is 1. The van der Waals surface area contributed by atoms with Gasteiger partial charge in [0.15, 0.2) is 0 Å². The van der Waals surface area contributed by atoms with Gasteiger partial charge in [0.25, 0.3) is 8.32 Å². The summed E-state index contributed by atoms with van der Waals surface area (Å²) in [6, 6.07) is 29.1. The number of rotatable bonds is 8. The van der Waals surface area contributed by atoms with Crippen LogP contribution in [0, 0.1) is 23.7 Å². The number of benzene rings is 3. The molecule has 1 saturated carbocycles. The number of amides is 2. The molecule has 0 radical (unpaired) electrons. The number of carbonyl (C=O) groups is 3. The topological polar surface area (TPSA) is 93.1 Å². The average molecular weight is 638 g/mol. The number of carbonyl (C=O) groups excluding carboxylic acids is 2. The summed E-state index contributed by atoms with van der Waals surface area (Å²) >= 11 is 0. The van der Waals surface area contributed by atoms with E-state index < -0.39 is 50.1 Å². The fourth-order valence-electron chi connectivity index (χ4n) is 8.18. The van der Waals surface area contributed by atoms with Gasteiger partial charge in [0, 0.05) is 5.92 Å². The molecule has 5 atom stereocenters. The molecule has 0 bridgehead atoms. The van der Waals surface area contributed by atoms with E-state index >= 15 is 0 Å². The van der Waals surface area contributed by atoms with Crippen molar-refractivity contribution in [2.24, 2.45) is 23.7 Å². The third kappa shape index (κ3) is 5.73. The summed E-state index contributed by atoms with van der Waals surface area (Å²) in [6.45, 7) is 6.63. The van der Waals surface area contributed by atoms with Gasteiger partial charge >= 0.3 is 12.1 Å². The lowest BCUT2D eigenvalue weighted by Crippen LogP contribution is -2.67. The molecular formula is C38H43NO6Si. The maximum atomic E-state index is 14.3. The first kappa shape index (κ1) is 31.9. The Morgan fingerprint density at radius 1 is 0.891 bits per heavy atom. The van der Waals surface area contributed by atoms with Gasteiger partial charge < -0.3 is 14.3 Å². The van der Waals surface area contributed by atoms with Crippen molar-refractivity contribution >= 4 is 36.7 Å². The zero-order valence-electron chi connectivity index (χ0n) is 26.8. The van der Waals surface area contributed by atoms with E-state index in [1.807, 2.05) is 66.7 Å². The lowest BCUT2D eigenvalue weighted by molar-refractivity contribution is -0.150. The molecule has 0 spiro atoms. The molecule has 2 amide bonds. The Morgan fingerprint density at radius 2 is 1.48 bits per heavy atom. The van der Waals surface area contributed by atoms with Crippen LogP contribution in [-0.2, 0) is 25.4 Å². The Balaban J connectivity index is 1.42. The molecule has 0 aromatic heterocycles. The predicted molar refractivity (Wildman–Crippen MR) is 179 cm³/mol. The zero-order chi connectivity index (χ0) is 32.5. The minimum Gasteiger partial charge on any atom is -0.481 e. The van der Waals surface area contributed by atoms with Crippen LogP contribution in [0.2, 0.25) is 5.04 Å². The number of aliphatic carboxylic acids is 1. The maximum Gasteiger partial charge on any atom is 0.417 e. The third-order valence-corrected chi connectivity index (χ3v) is 15.2. The fraction of sp³-hybridized carbons (Fsp3) is 0.395. The molecule has 3 aliphatic rings. The van der Waals surface area contributed by atoms with Crippen molar-refractivity contribution in [3.8, 4) is 0 Å². The van der Waals surface area contributed by atoms with Crippen molar-refractivity contribution in [1.82, 2.24) is 4.90 Å². The first-order chi connectivity index (χ1) is 22.1. The summed E-state index contributed by atoms with van der Waals surface area (Å²) in [4.78, 5) is 42.3. The van der Waals surface area contributed by atoms with Gasteiger partial charge in [-0.05, 0) is 46.2 Å². The first-order valence-corrected chi connectivity index (χ1v) is 18.3. The van der Waals surface area contributed by atoms with Gasteiger partial charge in [-0.25, -0.2) is 9.69 Å². The Morgan fingerprint density at radius 3 is 2.04 bits per heavy atom. The SMILES string of the molecule is CC(C)(C)[Si](OC[C@@H]1[C@H]2C=C3CCCC[C@H]3[C@@H](C(=O)O)[C@H]2C(=O)N1C(=O)OCc1ccccc1)(c1ccccc1)c1ccccc1. The van der Waals surface area contributed by atoms with Crippen molar-refractivity contribution in [2.75, 3.05) is 6.61 Å². The Hall–Kier alpha value is -4.01. The van der Waals surface area contributed by atoms with Crippen LogP contribution in [0.1, 0.15) is 52.0 Å². The van der Waals surface area contributed by atoms with E-state index in [0.717, 1.165) is 47.2 Å². The standard InChI is InChI=1S/C38H43NO6Si/c1-38(2,3)46(28-18-9-5-10-19-28,29-20-11-6-12-21-29)45-25-32-31-23-27-17-13-14-22-30(27)34(36(41)42)33(31)35(40)39(32)37(43)44-24-26-15-7-4-8-16-26/h4-12,15-16,18-21,23,30-34H,13-14,17,22,24-25H2,1-3H3,(H,41,42)/t30-,31-,32-,33+,34-/m1/s1. The van der Waals surface area contributed by atoms with E-state index in [4.69, 9.17) is 9.16 Å². The summed E-state index contributed by atoms with van der Waals surface area (Å²) in [5.74, 6) is -3.89. The molecule has 1 aliphatic heterocycles. The second-order valence-corrected chi connectivity index (χ2v) is 18.2. The molecule has 6 rings (SSSR count). The molecule has 3 aromatic rings. The van der Waals surface area contributed by atoms with E-state index in [1.165, 1.54) is 4.90 Å². The highest BCUT2D eigenvalue weighted by Gasteiger charge is 2.60. The zero-order valence-corrected chi connectivity index (χ0v) is 27.8. The van der Waals surface area contributed by atoms with Crippen LogP contribution < -0.4 is 10.4 Å². The van der Waals surface area contributed by atoms with Gasteiger partial charge in [-0.3, -0.25) is 9.59 Å². The highest BCUT2D eigenvalue weighted by atomic mass is 28.4. The Labute approximate surface area is 272 Å². The molecule has 7 nitrogen and oxygen atoms in total. The van der Waals surface area contributed by atoms with Gasteiger partial charge in [0.1, 0.15) is 6.61 Å². The van der Waals surface area contributed by atoms with Gasteiger partial charge in [0.05, 0.1) is 24.5 Å². The molecule has 46 heavy (non-hydrogen) atoms. The van der Waals surface area contributed by atoms with Crippen molar-refractivity contribution in [3.63, 3.8) is 0 Å². The number of hydrogen-bond acceptors (Lipinski definition) is 5. The second-order valence-electron chi connectivity index (χ2n) is 13.9. The van der Waals surface area contributed by atoms with E-state index in [-0.39, 0.29) is 24.2 Å². The number of hydrogen-bond donors (Lipinski definition) is 1. The number of carboxylic acids is 1. The van der Waals surface area contributed by atoms with Crippen molar-refractivity contribution < 1.29 is 28.7 Å². The second kappa shape index (κ2) is 13.0. The van der Waals surface area contributed by atoms with E-state index in [2.05, 4.69) is 51.1 Å². The maximum absolute atomic E-state index is 14.3. The first-order valence-electron chi connectivity index (χ1n) is 16.4. The number of imide groups is 1. The molecule has 2 aliphatic carbocycles. The smallest absolute Gasteiger partial charge is 0.417 e. The van der Waals surface area contributed by atoms with Crippen LogP contribution >= 0.6 is 0 Å². The van der Waals surface area contributed by atoms with Crippen LogP contribution in [0.25, 0.3) is 0 Å². The van der Waals surface area contributed by atoms with Crippen LogP contribution in [0.5, 0.6) is 0 Å². The highest BCUT2D eigenvalue weighted by Crippen LogP contribution is 2.51. The molecule has 1 saturated heterocycles. The molecule has 1 N–H and O–H groups in total. The van der Waals surface area contributed by atoms with Crippen LogP contribution in [0.4, 0.5) is 4.79 Å². The van der Waals surface area contributed by atoms with Crippen LogP contribution in [0.15, 0.2) is 103 Å². The number of nitrogens with zero attached hydrogens (tertiary/aromatic N) is 1. The van der Waals surface area contributed by atoms with Gasteiger partial charge in [-0.1, -0.05) is 130 Å². The molecule has 240 valence electrons. The fourth-order valence-corrected chi connectivity index (χ4v) is 12.8. The van der Waals surface area contributed by atoms with E-state index in [9.17, 15) is 19.5 Å². The molecule has 3 aromatic carbocycles. The summed E-state index contributed by atoms with van der Waals surface area (Å²) in [7, 11) is -3.03. The number of ether oxygens (including phenoxy) is 1. The quantitative estimate of drug-likeness (QED) is 0.235. The predicted octanol–water partition coefficient (Wildman–Crippen LogP) is 6.17. The monoisotopic (exact) mass is 637 g/mol. The summed E-state index contributed by atoms with van der Waals surface area (Å²) in [5.41, 5.74) is 1.90. The minimum absolute atomic E-state index is 0.00709. The number of allylic oxidation sites excluding steroid dienone is 1. The number of likely N-dealkylation sites (tertiary alicyclic amines) is 1. The summed E-state index contributed by atoms with van der Waals surface area (Å²) < 4.78 is 13.0. The highest BCUT2D eigenvalue weighted by molar-refractivity contribution is 6.99. The molecule has 1 heterocycles.